The van der Waals surface area contributed by atoms with Gasteiger partial charge in [-0.15, -0.1) is 0 Å². The SMILES string of the molecule is CCCn1cc(C(=O)N2C[C@@H](CO)C[C@@H](CN(C)C)C2)c(C)n1. The van der Waals surface area contributed by atoms with Crippen LogP contribution in [0.15, 0.2) is 6.20 Å². The van der Waals surface area contributed by atoms with Crippen LogP contribution in [-0.2, 0) is 6.54 Å². The van der Waals surface area contributed by atoms with Gasteiger partial charge in [-0.25, -0.2) is 0 Å². The van der Waals surface area contributed by atoms with Crippen LogP contribution in [0.5, 0.6) is 0 Å². The van der Waals surface area contributed by atoms with Crippen molar-refractivity contribution in [2.45, 2.75) is 33.2 Å². The first-order valence-corrected chi connectivity index (χ1v) is 8.53. The van der Waals surface area contributed by atoms with E-state index in [1.54, 1.807) is 0 Å². The van der Waals surface area contributed by atoms with Crippen molar-refractivity contribution in [1.82, 2.24) is 19.6 Å². The molecular weight excluding hydrogens is 292 g/mol. The first-order chi connectivity index (χ1) is 10.9. The van der Waals surface area contributed by atoms with Gasteiger partial charge in [0.25, 0.3) is 5.91 Å². The van der Waals surface area contributed by atoms with Crippen molar-refractivity contribution >= 4 is 5.91 Å². The minimum Gasteiger partial charge on any atom is -0.396 e. The lowest BCUT2D eigenvalue weighted by Crippen LogP contribution is -2.47. The summed E-state index contributed by atoms with van der Waals surface area (Å²) in [5.41, 5.74) is 1.49. The molecule has 2 rings (SSSR count). The highest BCUT2D eigenvalue weighted by Crippen LogP contribution is 2.24. The van der Waals surface area contributed by atoms with Crippen LogP contribution in [0.25, 0.3) is 0 Å². The lowest BCUT2D eigenvalue weighted by Gasteiger charge is -2.38. The maximum Gasteiger partial charge on any atom is 0.257 e. The second-order valence-electron chi connectivity index (χ2n) is 7.01. The summed E-state index contributed by atoms with van der Waals surface area (Å²) in [4.78, 5) is 17.0. The van der Waals surface area contributed by atoms with Crippen LogP contribution in [0, 0.1) is 18.8 Å². The van der Waals surface area contributed by atoms with Crippen LogP contribution in [0.3, 0.4) is 0 Å². The Morgan fingerprint density at radius 3 is 2.70 bits per heavy atom. The largest absolute Gasteiger partial charge is 0.396 e. The zero-order valence-corrected chi connectivity index (χ0v) is 14.8. The van der Waals surface area contributed by atoms with Gasteiger partial charge < -0.3 is 14.9 Å². The molecule has 2 atom stereocenters. The number of aromatic nitrogens is 2. The standard InChI is InChI=1S/C17H30N4O2/c1-5-6-21-11-16(13(2)18-21)17(23)20-9-14(8-19(3)4)7-15(10-20)12-22/h11,14-15,22H,5-10,12H2,1-4H3/t14-,15-/m0/s1. The van der Waals surface area contributed by atoms with Gasteiger partial charge in [-0.2, -0.15) is 5.10 Å². The summed E-state index contributed by atoms with van der Waals surface area (Å²) >= 11 is 0. The van der Waals surface area contributed by atoms with Crippen molar-refractivity contribution in [2.24, 2.45) is 11.8 Å². The van der Waals surface area contributed by atoms with E-state index in [4.69, 9.17) is 0 Å². The Morgan fingerprint density at radius 2 is 2.09 bits per heavy atom. The van der Waals surface area contributed by atoms with E-state index in [1.807, 2.05) is 36.8 Å². The summed E-state index contributed by atoms with van der Waals surface area (Å²) in [5.74, 6) is 0.626. The quantitative estimate of drug-likeness (QED) is 0.856. The molecule has 1 aliphatic heterocycles. The van der Waals surface area contributed by atoms with Crippen LogP contribution in [0.1, 0.15) is 35.8 Å². The molecule has 1 aliphatic rings. The highest BCUT2D eigenvalue weighted by Gasteiger charge is 2.31. The monoisotopic (exact) mass is 322 g/mol. The molecule has 0 spiro atoms. The molecule has 130 valence electrons. The number of aryl methyl sites for hydroxylation is 2. The van der Waals surface area contributed by atoms with Gasteiger partial charge in [-0.1, -0.05) is 6.92 Å². The zero-order valence-electron chi connectivity index (χ0n) is 14.8. The molecule has 2 heterocycles. The predicted molar refractivity (Wildman–Crippen MR) is 90.4 cm³/mol. The Balaban J connectivity index is 2.13. The number of aliphatic hydroxyl groups is 1. The van der Waals surface area contributed by atoms with Crippen molar-refractivity contribution in [3.63, 3.8) is 0 Å². The molecule has 1 N–H and O–H groups in total. The number of rotatable bonds is 6. The van der Waals surface area contributed by atoms with Gasteiger partial charge in [0.2, 0.25) is 0 Å². The number of carbonyl (C=O) groups is 1. The fourth-order valence-electron chi connectivity index (χ4n) is 3.51. The molecule has 0 saturated carbocycles. The van der Waals surface area contributed by atoms with E-state index in [2.05, 4.69) is 16.9 Å². The molecule has 0 aromatic carbocycles. The number of hydrogen-bond acceptors (Lipinski definition) is 4. The smallest absolute Gasteiger partial charge is 0.257 e. The van der Waals surface area contributed by atoms with E-state index in [-0.39, 0.29) is 18.4 Å². The third-order valence-electron chi connectivity index (χ3n) is 4.42. The average molecular weight is 322 g/mol. The van der Waals surface area contributed by atoms with E-state index in [1.165, 1.54) is 0 Å². The van der Waals surface area contributed by atoms with E-state index < -0.39 is 0 Å². The molecule has 1 amide bonds. The Bertz CT molecular complexity index is 527. The first kappa shape index (κ1) is 17.9. The Kier molecular flexibility index (Phi) is 6.18. The van der Waals surface area contributed by atoms with Gasteiger partial charge in [0.05, 0.1) is 11.3 Å². The van der Waals surface area contributed by atoms with Gasteiger partial charge in [-0.3, -0.25) is 9.48 Å². The van der Waals surface area contributed by atoms with Crippen LogP contribution in [-0.4, -0.2) is 70.9 Å². The summed E-state index contributed by atoms with van der Waals surface area (Å²) in [5, 5.41) is 14.0. The third-order valence-corrected chi connectivity index (χ3v) is 4.42. The maximum absolute atomic E-state index is 12.9. The summed E-state index contributed by atoms with van der Waals surface area (Å²) in [6.07, 6.45) is 3.84. The molecule has 6 nitrogen and oxygen atoms in total. The number of amides is 1. The summed E-state index contributed by atoms with van der Waals surface area (Å²) in [7, 11) is 4.10. The van der Waals surface area contributed by atoms with E-state index >= 15 is 0 Å². The lowest BCUT2D eigenvalue weighted by atomic mass is 9.89. The fourth-order valence-corrected chi connectivity index (χ4v) is 3.51. The minimum absolute atomic E-state index is 0.0479. The molecular formula is C17H30N4O2. The van der Waals surface area contributed by atoms with Gasteiger partial charge in [0, 0.05) is 39.0 Å². The highest BCUT2D eigenvalue weighted by atomic mass is 16.3. The van der Waals surface area contributed by atoms with Gasteiger partial charge in [-0.05, 0) is 45.7 Å². The topological polar surface area (TPSA) is 61.6 Å². The summed E-state index contributed by atoms with van der Waals surface area (Å²) in [6, 6.07) is 0. The highest BCUT2D eigenvalue weighted by molar-refractivity contribution is 5.95. The average Bonchev–Trinajstić information content (AvgIpc) is 2.86. The number of hydrogen-bond donors (Lipinski definition) is 1. The minimum atomic E-state index is 0.0479. The zero-order chi connectivity index (χ0) is 17.0. The second kappa shape index (κ2) is 7.93. The van der Waals surface area contributed by atoms with Crippen molar-refractivity contribution < 1.29 is 9.90 Å². The van der Waals surface area contributed by atoms with Crippen molar-refractivity contribution in [1.29, 1.82) is 0 Å². The number of piperidine rings is 1. The normalized spacial score (nSPS) is 21.9. The predicted octanol–water partition coefficient (Wildman–Crippen LogP) is 1.23. The number of carbonyl (C=O) groups excluding carboxylic acids is 1. The number of aliphatic hydroxyl groups excluding tert-OH is 1. The fraction of sp³-hybridized carbons (Fsp3) is 0.765. The van der Waals surface area contributed by atoms with Gasteiger partial charge in [0.15, 0.2) is 0 Å². The lowest BCUT2D eigenvalue weighted by molar-refractivity contribution is 0.0477. The molecule has 0 aliphatic carbocycles. The van der Waals surface area contributed by atoms with Crippen LogP contribution in [0.2, 0.25) is 0 Å². The van der Waals surface area contributed by atoms with Gasteiger partial charge in [0.1, 0.15) is 0 Å². The van der Waals surface area contributed by atoms with E-state index in [0.717, 1.165) is 38.2 Å². The molecule has 1 saturated heterocycles. The molecule has 0 unspecified atom stereocenters. The van der Waals surface area contributed by atoms with E-state index in [9.17, 15) is 9.90 Å². The second-order valence-corrected chi connectivity index (χ2v) is 7.01. The van der Waals surface area contributed by atoms with Crippen molar-refractivity contribution in [2.75, 3.05) is 40.3 Å². The maximum atomic E-state index is 12.9. The molecule has 1 aromatic heterocycles. The van der Waals surface area contributed by atoms with Crippen LogP contribution >= 0.6 is 0 Å². The molecule has 1 aromatic rings. The third kappa shape index (κ3) is 4.54. The number of nitrogens with zero attached hydrogens (tertiary/aromatic N) is 4. The molecule has 23 heavy (non-hydrogen) atoms. The Morgan fingerprint density at radius 1 is 1.39 bits per heavy atom. The summed E-state index contributed by atoms with van der Waals surface area (Å²) < 4.78 is 1.85. The Hall–Kier alpha value is -1.40. The summed E-state index contributed by atoms with van der Waals surface area (Å²) in [6.45, 7) is 7.29. The van der Waals surface area contributed by atoms with Crippen molar-refractivity contribution in [3.8, 4) is 0 Å². The van der Waals surface area contributed by atoms with E-state index in [0.29, 0.717) is 18.0 Å². The Labute approximate surface area is 139 Å². The molecule has 0 radical (unpaired) electrons. The van der Waals surface area contributed by atoms with Crippen LogP contribution in [0.4, 0.5) is 0 Å². The van der Waals surface area contributed by atoms with Crippen LogP contribution < -0.4 is 0 Å². The first-order valence-electron chi connectivity index (χ1n) is 8.53. The van der Waals surface area contributed by atoms with Crippen molar-refractivity contribution in [3.05, 3.63) is 17.5 Å². The molecule has 0 bridgehead atoms. The number of likely N-dealkylation sites (tertiary alicyclic amines) is 1. The van der Waals surface area contributed by atoms with Gasteiger partial charge >= 0.3 is 0 Å². The molecule has 1 fully saturated rings. The molecule has 6 heteroatoms.